The predicted octanol–water partition coefficient (Wildman–Crippen LogP) is 2.03. The maximum Gasteiger partial charge on any atom is 0.125 e. The summed E-state index contributed by atoms with van der Waals surface area (Å²) in [4.78, 5) is 3.18. The van der Waals surface area contributed by atoms with E-state index in [1.165, 1.54) is 5.39 Å². The fourth-order valence-corrected chi connectivity index (χ4v) is 1.18. The molecule has 1 aromatic carbocycles. The van der Waals surface area contributed by atoms with Crippen LogP contribution in [-0.2, 0) is 0 Å². The van der Waals surface area contributed by atoms with Crippen molar-refractivity contribution in [3.05, 3.63) is 30.3 Å². The minimum absolute atomic E-state index is 0.936. The largest absolute Gasteiger partial charge is 0.340 e. The van der Waals surface area contributed by atoms with Crippen LogP contribution in [0.15, 0.2) is 30.3 Å². The first-order valence-corrected chi connectivity index (χ1v) is 3.58. The number of H-pyrrole nitrogens is 1. The van der Waals surface area contributed by atoms with Crippen LogP contribution in [0.3, 0.4) is 0 Å². The molecular weight excluding hydrogens is 136 g/mol. The summed E-state index contributed by atoms with van der Waals surface area (Å²) < 4.78 is 0. The van der Waals surface area contributed by atoms with Crippen LogP contribution in [0, 0.1) is 0 Å². The van der Waals surface area contributed by atoms with Gasteiger partial charge in [0.15, 0.2) is 0 Å². The molecule has 2 aromatic rings. The molecule has 0 amide bonds. The second-order valence-corrected chi connectivity index (χ2v) is 2.47. The van der Waals surface area contributed by atoms with Gasteiger partial charge in [0.25, 0.3) is 0 Å². The normalized spacial score (nSPS) is 10.3. The molecule has 55 valence electrons. The number of para-hydroxylation sites is 1. The highest BCUT2D eigenvalue weighted by Crippen LogP contribution is 2.17. The summed E-state index contributed by atoms with van der Waals surface area (Å²) in [7, 11) is 1.78. The number of benzene rings is 1. The molecule has 1 N–H and O–H groups in total. The summed E-state index contributed by atoms with van der Waals surface area (Å²) in [5.74, 6) is 0.936. The Balaban J connectivity index is 2.69. The van der Waals surface area contributed by atoms with Crippen molar-refractivity contribution < 1.29 is 0 Å². The van der Waals surface area contributed by atoms with E-state index in [1.807, 2.05) is 24.3 Å². The van der Waals surface area contributed by atoms with Crippen LogP contribution in [-0.4, -0.2) is 12.0 Å². The Labute approximate surface area is 65.2 Å². The van der Waals surface area contributed by atoms with Gasteiger partial charge >= 0.3 is 0 Å². The first kappa shape index (κ1) is 6.28. The van der Waals surface area contributed by atoms with Crippen molar-refractivity contribution in [1.82, 2.24) is 10.3 Å². The van der Waals surface area contributed by atoms with Crippen molar-refractivity contribution in [3.63, 3.8) is 0 Å². The van der Waals surface area contributed by atoms with E-state index in [0.29, 0.717) is 0 Å². The lowest BCUT2D eigenvalue weighted by atomic mass is 10.2. The van der Waals surface area contributed by atoms with Crippen LogP contribution in [0.2, 0.25) is 0 Å². The van der Waals surface area contributed by atoms with E-state index < -0.39 is 0 Å². The molecule has 0 fully saturated rings. The van der Waals surface area contributed by atoms with Gasteiger partial charge in [0, 0.05) is 18.0 Å². The molecule has 0 saturated carbocycles. The molecule has 2 heteroatoms. The lowest BCUT2D eigenvalue weighted by Crippen LogP contribution is -1.83. The molecular formula is C9H9N2. The standard InChI is InChI=1S/C9H9N2/c1-10-9-6-7-4-2-3-5-8(7)11-9/h2-6,11H,1H3. The van der Waals surface area contributed by atoms with Crippen molar-refractivity contribution in [2.45, 2.75) is 0 Å². The lowest BCUT2D eigenvalue weighted by molar-refractivity contribution is 1.05. The molecule has 2 nitrogen and oxygen atoms in total. The van der Waals surface area contributed by atoms with Crippen molar-refractivity contribution in [2.24, 2.45) is 0 Å². The predicted molar refractivity (Wildman–Crippen MR) is 46.0 cm³/mol. The van der Waals surface area contributed by atoms with E-state index in [2.05, 4.69) is 16.4 Å². The van der Waals surface area contributed by atoms with Crippen molar-refractivity contribution in [1.29, 1.82) is 0 Å². The van der Waals surface area contributed by atoms with Crippen molar-refractivity contribution in [3.8, 4) is 0 Å². The summed E-state index contributed by atoms with van der Waals surface area (Å²) in [6.07, 6.45) is 0. The SMILES string of the molecule is C[N]c1cc2ccccc2[nH]1. The topological polar surface area (TPSA) is 29.9 Å². The number of nitrogens with one attached hydrogen (secondary N) is 1. The van der Waals surface area contributed by atoms with Gasteiger partial charge < -0.3 is 4.98 Å². The minimum Gasteiger partial charge on any atom is -0.340 e. The van der Waals surface area contributed by atoms with Gasteiger partial charge in [0.1, 0.15) is 5.82 Å². The van der Waals surface area contributed by atoms with Gasteiger partial charge in [-0.05, 0) is 12.1 Å². The number of aromatic amines is 1. The zero-order chi connectivity index (χ0) is 7.68. The maximum atomic E-state index is 4.05. The Morgan fingerprint density at radius 2 is 2.09 bits per heavy atom. The first-order valence-electron chi connectivity index (χ1n) is 3.58. The smallest absolute Gasteiger partial charge is 0.125 e. The highest BCUT2D eigenvalue weighted by molar-refractivity contribution is 5.82. The molecule has 2 rings (SSSR count). The Morgan fingerprint density at radius 3 is 2.82 bits per heavy atom. The van der Waals surface area contributed by atoms with E-state index in [4.69, 9.17) is 0 Å². The van der Waals surface area contributed by atoms with Gasteiger partial charge in [0.2, 0.25) is 0 Å². The average Bonchev–Trinajstić information content (AvgIpc) is 2.46. The fourth-order valence-electron chi connectivity index (χ4n) is 1.18. The lowest BCUT2D eigenvalue weighted by Gasteiger charge is -1.85. The van der Waals surface area contributed by atoms with Gasteiger partial charge in [-0.3, -0.25) is 5.32 Å². The van der Waals surface area contributed by atoms with Crippen molar-refractivity contribution >= 4 is 16.7 Å². The van der Waals surface area contributed by atoms with E-state index in [9.17, 15) is 0 Å². The molecule has 0 atom stereocenters. The zero-order valence-electron chi connectivity index (χ0n) is 6.33. The first-order chi connectivity index (χ1) is 5.40. The Bertz CT molecular complexity index is 329. The van der Waals surface area contributed by atoms with E-state index in [-0.39, 0.29) is 0 Å². The quantitative estimate of drug-likeness (QED) is 0.636. The van der Waals surface area contributed by atoms with Crippen LogP contribution in [0.1, 0.15) is 0 Å². The highest BCUT2D eigenvalue weighted by atomic mass is 15.0. The van der Waals surface area contributed by atoms with Crippen LogP contribution >= 0.6 is 0 Å². The molecule has 0 aliphatic carbocycles. The number of rotatable bonds is 1. The van der Waals surface area contributed by atoms with Crippen LogP contribution < -0.4 is 5.32 Å². The second kappa shape index (κ2) is 2.31. The Morgan fingerprint density at radius 1 is 1.27 bits per heavy atom. The van der Waals surface area contributed by atoms with Crippen molar-refractivity contribution in [2.75, 3.05) is 7.05 Å². The van der Waals surface area contributed by atoms with Gasteiger partial charge in [-0.2, -0.15) is 0 Å². The molecule has 1 radical (unpaired) electrons. The molecule has 1 heterocycles. The number of nitrogens with zero attached hydrogens (tertiary/aromatic N) is 1. The number of aromatic nitrogens is 1. The molecule has 1 aromatic heterocycles. The Hall–Kier alpha value is -1.44. The second-order valence-electron chi connectivity index (χ2n) is 2.47. The van der Waals surface area contributed by atoms with Gasteiger partial charge in [-0.15, -0.1) is 0 Å². The third-order valence-corrected chi connectivity index (χ3v) is 1.76. The van der Waals surface area contributed by atoms with E-state index in [1.54, 1.807) is 7.05 Å². The third-order valence-electron chi connectivity index (χ3n) is 1.76. The van der Waals surface area contributed by atoms with Crippen LogP contribution in [0.25, 0.3) is 10.9 Å². The van der Waals surface area contributed by atoms with E-state index >= 15 is 0 Å². The summed E-state index contributed by atoms with van der Waals surface area (Å²) in [6, 6.07) is 10.2. The summed E-state index contributed by atoms with van der Waals surface area (Å²) in [6.45, 7) is 0. The summed E-state index contributed by atoms with van der Waals surface area (Å²) >= 11 is 0. The molecule has 0 bridgehead atoms. The molecule has 0 aliphatic rings. The number of fused-ring (bicyclic) bond motifs is 1. The average molecular weight is 145 g/mol. The van der Waals surface area contributed by atoms with Gasteiger partial charge in [0.05, 0.1) is 0 Å². The Kier molecular flexibility index (Phi) is 1.32. The maximum absolute atomic E-state index is 4.05. The minimum atomic E-state index is 0.936. The van der Waals surface area contributed by atoms with Crippen LogP contribution in [0.5, 0.6) is 0 Å². The molecule has 0 spiro atoms. The number of hydrogen-bond donors (Lipinski definition) is 1. The molecule has 11 heavy (non-hydrogen) atoms. The van der Waals surface area contributed by atoms with Gasteiger partial charge in [-0.1, -0.05) is 18.2 Å². The number of hydrogen-bond acceptors (Lipinski definition) is 0. The highest BCUT2D eigenvalue weighted by Gasteiger charge is 1.96. The van der Waals surface area contributed by atoms with E-state index in [0.717, 1.165) is 11.3 Å². The third kappa shape index (κ3) is 0.963. The van der Waals surface area contributed by atoms with Gasteiger partial charge in [-0.25, -0.2) is 0 Å². The zero-order valence-corrected chi connectivity index (χ0v) is 6.33. The monoisotopic (exact) mass is 145 g/mol. The molecule has 0 aliphatic heterocycles. The van der Waals surface area contributed by atoms with Crippen LogP contribution in [0.4, 0.5) is 5.82 Å². The fraction of sp³-hybridized carbons (Fsp3) is 0.111. The molecule has 0 saturated heterocycles. The molecule has 0 unspecified atom stereocenters. The summed E-state index contributed by atoms with van der Waals surface area (Å²) in [5, 5.41) is 5.27. The summed E-state index contributed by atoms with van der Waals surface area (Å²) in [5.41, 5.74) is 1.15.